The van der Waals surface area contributed by atoms with Crippen molar-refractivity contribution in [3.63, 3.8) is 0 Å². The van der Waals surface area contributed by atoms with Crippen LogP contribution in [0.2, 0.25) is 0 Å². The van der Waals surface area contributed by atoms with Crippen LogP contribution in [-0.2, 0) is 17.8 Å². The Labute approximate surface area is 114 Å². The molecule has 92 valence electrons. The first-order valence-electron chi connectivity index (χ1n) is 5.87. The van der Waals surface area contributed by atoms with Crippen LogP contribution in [0, 0.1) is 0 Å². The Balaban J connectivity index is 1.68. The lowest BCUT2D eigenvalue weighted by molar-refractivity contribution is -0.126. The average molecular weight is 275 g/mol. The first kappa shape index (κ1) is 11.7. The van der Waals surface area contributed by atoms with E-state index in [1.54, 1.807) is 28.7 Å². The SMILES string of the molecule is O=C(/C=C/c1ccsc1)N1CCc2sccc2C1. The summed E-state index contributed by atoms with van der Waals surface area (Å²) in [5.74, 6) is 0.109. The molecule has 2 aromatic rings. The highest BCUT2D eigenvalue weighted by Crippen LogP contribution is 2.24. The van der Waals surface area contributed by atoms with Crippen LogP contribution in [0.3, 0.4) is 0 Å². The van der Waals surface area contributed by atoms with Gasteiger partial charge < -0.3 is 4.90 Å². The van der Waals surface area contributed by atoms with Crippen LogP contribution in [-0.4, -0.2) is 17.4 Å². The molecule has 4 heteroatoms. The highest BCUT2D eigenvalue weighted by Gasteiger charge is 2.19. The van der Waals surface area contributed by atoms with Gasteiger partial charge in [-0.25, -0.2) is 0 Å². The number of fused-ring (bicyclic) bond motifs is 1. The third-order valence-electron chi connectivity index (χ3n) is 3.08. The molecule has 3 rings (SSSR count). The number of hydrogen-bond donors (Lipinski definition) is 0. The normalized spacial score (nSPS) is 15.0. The number of rotatable bonds is 2. The van der Waals surface area contributed by atoms with E-state index in [-0.39, 0.29) is 5.91 Å². The van der Waals surface area contributed by atoms with Crippen LogP contribution in [0.25, 0.3) is 6.08 Å². The lowest BCUT2D eigenvalue weighted by atomic mass is 10.1. The molecule has 1 amide bonds. The van der Waals surface area contributed by atoms with Crippen molar-refractivity contribution in [2.75, 3.05) is 6.54 Å². The smallest absolute Gasteiger partial charge is 0.246 e. The Bertz CT molecular complexity index is 568. The van der Waals surface area contributed by atoms with Gasteiger partial charge in [-0.1, -0.05) is 0 Å². The van der Waals surface area contributed by atoms with E-state index in [0.29, 0.717) is 0 Å². The zero-order valence-electron chi connectivity index (χ0n) is 9.83. The van der Waals surface area contributed by atoms with E-state index >= 15 is 0 Å². The van der Waals surface area contributed by atoms with Gasteiger partial charge in [-0.15, -0.1) is 11.3 Å². The summed E-state index contributed by atoms with van der Waals surface area (Å²) in [4.78, 5) is 15.4. The van der Waals surface area contributed by atoms with Crippen LogP contribution in [0.15, 0.2) is 34.3 Å². The van der Waals surface area contributed by atoms with Crippen LogP contribution in [0.1, 0.15) is 16.0 Å². The Morgan fingerprint density at radius 2 is 2.28 bits per heavy atom. The molecule has 0 saturated heterocycles. The number of amides is 1. The third-order valence-corrected chi connectivity index (χ3v) is 4.81. The standard InChI is InChI=1S/C14H13NOS2/c16-14(2-1-11-4-7-17-10-11)15-6-3-13-12(9-15)5-8-18-13/h1-2,4-5,7-8,10H,3,6,9H2/b2-1+. The molecule has 0 spiro atoms. The lowest BCUT2D eigenvalue weighted by Gasteiger charge is -2.25. The molecule has 0 N–H and O–H groups in total. The molecular formula is C14H13NOS2. The molecule has 1 aliphatic rings. The van der Waals surface area contributed by atoms with Gasteiger partial charge in [0, 0.05) is 24.0 Å². The number of carbonyl (C=O) groups is 1. The molecule has 0 fully saturated rings. The first-order valence-corrected chi connectivity index (χ1v) is 7.69. The average Bonchev–Trinajstić information content (AvgIpc) is 3.05. The fourth-order valence-corrected chi connectivity index (χ4v) is 3.60. The number of hydrogen-bond acceptors (Lipinski definition) is 3. The largest absolute Gasteiger partial charge is 0.334 e. The van der Waals surface area contributed by atoms with E-state index in [1.165, 1.54) is 10.4 Å². The van der Waals surface area contributed by atoms with Crippen LogP contribution in [0.4, 0.5) is 0 Å². The van der Waals surface area contributed by atoms with Gasteiger partial charge in [0.15, 0.2) is 0 Å². The Hall–Kier alpha value is -1.39. The monoisotopic (exact) mass is 275 g/mol. The summed E-state index contributed by atoms with van der Waals surface area (Å²) in [5, 5.41) is 6.17. The van der Waals surface area contributed by atoms with Crippen molar-refractivity contribution in [2.24, 2.45) is 0 Å². The highest BCUT2D eigenvalue weighted by atomic mass is 32.1. The van der Waals surface area contributed by atoms with E-state index < -0.39 is 0 Å². The molecule has 0 unspecified atom stereocenters. The molecule has 18 heavy (non-hydrogen) atoms. The topological polar surface area (TPSA) is 20.3 Å². The van der Waals surface area contributed by atoms with Crippen molar-refractivity contribution >= 4 is 34.7 Å². The summed E-state index contributed by atoms with van der Waals surface area (Å²) in [6.45, 7) is 1.59. The summed E-state index contributed by atoms with van der Waals surface area (Å²) in [7, 11) is 0. The molecule has 0 aromatic carbocycles. The molecule has 1 aliphatic heterocycles. The zero-order valence-corrected chi connectivity index (χ0v) is 11.5. The second-order valence-electron chi connectivity index (χ2n) is 4.27. The van der Waals surface area contributed by atoms with Crippen LogP contribution >= 0.6 is 22.7 Å². The van der Waals surface area contributed by atoms with E-state index in [1.807, 2.05) is 27.8 Å². The maximum absolute atomic E-state index is 12.1. The quantitative estimate of drug-likeness (QED) is 0.769. The van der Waals surface area contributed by atoms with Gasteiger partial charge in [-0.3, -0.25) is 4.79 Å². The zero-order chi connectivity index (χ0) is 12.4. The minimum Gasteiger partial charge on any atom is -0.334 e. The predicted molar refractivity (Wildman–Crippen MR) is 76.8 cm³/mol. The second-order valence-corrected chi connectivity index (χ2v) is 6.05. The van der Waals surface area contributed by atoms with Gasteiger partial charge in [0.2, 0.25) is 5.91 Å². The van der Waals surface area contributed by atoms with Crippen LogP contribution in [0.5, 0.6) is 0 Å². The second kappa shape index (κ2) is 5.08. The molecule has 0 atom stereocenters. The Morgan fingerprint density at radius 1 is 1.33 bits per heavy atom. The van der Waals surface area contributed by atoms with Crippen molar-refractivity contribution in [3.05, 3.63) is 50.4 Å². The fraction of sp³-hybridized carbons (Fsp3) is 0.214. The van der Waals surface area contributed by atoms with Crippen molar-refractivity contribution in [1.29, 1.82) is 0 Å². The molecule has 0 saturated carbocycles. The van der Waals surface area contributed by atoms with Crippen molar-refractivity contribution < 1.29 is 4.79 Å². The van der Waals surface area contributed by atoms with E-state index in [9.17, 15) is 4.79 Å². The summed E-state index contributed by atoms with van der Waals surface area (Å²) in [6, 6.07) is 4.14. The van der Waals surface area contributed by atoms with Crippen molar-refractivity contribution in [1.82, 2.24) is 4.90 Å². The Kier molecular flexibility index (Phi) is 3.30. The van der Waals surface area contributed by atoms with E-state index in [2.05, 4.69) is 11.4 Å². The summed E-state index contributed by atoms with van der Waals surface area (Å²) in [6.07, 6.45) is 4.56. The molecule has 3 heterocycles. The van der Waals surface area contributed by atoms with Gasteiger partial charge in [0.05, 0.1) is 0 Å². The molecular weight excluding hydrogens is 262 g/mol. The minimum absolute atomic E-state index is 0.109. The maximum Gasteiger partial charge on any atom is 0.246 e. The van der Waals surface area contributed by atoms with Gasteiger partial charge in [-0.05, 0) is 51.9 Å². The Morgan fingerprint density at radius 3 is 3.11 bits per heavy atom. The molecule has 0 aliphatic carbocycles. The van der Waals surface area contributed by atoms with Crippen molar-refractivity contribution in [3.8, 4) is 0 Å². The number of nitrogens with zero attached hydrogens (tertiary/aromatic N) is 1. The fourth-order valence-electron chi connectivity index (χ4n) is 2.08. The van der Waals surface area contributed by atoms with Crippen molar-refractivity contribution in [2.45, 2.75) is 13.0 Å². The molecule has 2 nitrogen and oxygen atoms in total. The number of thiophene rings is 2. The van der Waals surface area contributed by atoms with Gasteiger partial charge >= 0.3 is 0 Å². The molecule has 0 bridgehead atoms. The van der Waals surface area contributed by atoms with Gasteiger partial charge in [-0.2, -0.15) is 11.3 Å². The lowest BCUT2D eigenvalue weighted by Crippen LogP contribution is -2.34. The molecule has 2 aromatic heterocycles. The van der Waals surface area contributed by atoms with Gasteiger partial charge in [0.1, 0.15) is 0 Å². The summed E-state index contributed by atoms with van der Waals surface area (Å²) in [5.41, 5.74) is 2.41. The van der Waals surface area contributed by atoms with E-state index in [0.717, 1.165) is 25.1 Å². The minimum atomic E-state index is 0.109. The summed E-state index contributed by atoms with van der Waals surface area (Å²) >= 11 is 3.44. The predicted octanol–water partition coefficient (Wildman–Crippen LogP) is 3.41. The highest BCUT2D eigenvalue weighted by molar-refractivity contribution is 7.10. The molecule has 0 radical (unpaired) electrons. The number of carbonyl (C=O) groups excluding carboxylic acids is 1. The van der Waals surface area contributed by atoms with E-state index in [4.69, 9.17) is 0 Å². The maximum atomic E-state index is 12.1. The third kappa shape index (κ3) is 2.40. The summed E-state index contributed by atoms with van der Waals surface area (Å²) < 4.78 is 0. The van der Waals surface area contributed by atoms with Gasteiger partial charge in [0.25, 0.3) is 0 Å². The van der Waals surface area contributed by atoms with Crippen LogP contribution < -0.4 is 0 Å². The first-order chi connectivity index (χ1) is 8.83.